The Kier molecular flexibility index (Phi) is 6.58. The van der Waals surface area contributed by atoms with Crippen LogP contribution < -0.4 is 4.90 Å². The molecule has 0 saturated carbocycles. The van der Waals surface area contributed by atoms with Gasteiger partial charge in [0.1, 0.15) is 0 Å². The lowest BCUT2D eigenvalue weighted by Crippen LogP contribution is -2.29. The molecule has 3 heteroatoms. The van der Waals surface area contributed by atoms with E-state index in [1.54, 1.807) is 0 Å². The molecule has 18 heavy (non-hydrogen) atoms. The molecule has 102 valence electrons. The van der Waals surface area contributed by atoms with E-state index in [-0.39, 0.29) is 6.10 Å². The monoisotopic (exact) mass is 267 g/mol. The lowest BCUT2D eigenvalue weighted by molar-refractivity contribution is 0.173. The van der Waals surface area contributed by atoms with Crippen molar-refractivity contribution in [1.29, 1.82) is 0 Å². The topological polar surface area (TPSA) is 23.5 Å². The average Bonchev–Trinajstić information content (AvgIpc) is 2.43. The van der Waals surface area contributed by atoms with E-state index in [0.29, 0.717) is 6.04 Å². The molecule has 0 saturated heterocycles. The highest BCUT2D eigenvalue weighted by Gasteiger charge is 2.10. The number of hydrogen-bond donors (Lipinski definition) is 1. The van der Waals surface area contributed by atoms with E-state index in [4.69, 9.17) is 0 Å². The van der Waals surface area contributed by atoms with Crippen LogP contribution in [0.1, 0.15) is 38.4 Å². The van der Waals surface area contributed by atoms with Crippen molar-refractivity contribution in [1.82, 2.24) is 0 Å². The van der Waals surface area contributed by atoms with E-state index >= 15 is 0 Å². The van der Waals surface area contributed by atoms with Gasteiger partial charge < -0.3 is 10.0 Å². The highest BCUT2D eigenvalue weighted by Crippen LogP contribution is 2.22. The summed E-state index contributed by atoms with van der Waals surface area (Å²) in [5.74, 6) is 1.19. The van der Waals surface area contributed by atoms with Gasteiger partial charge in [-0.2, -0.15) is 11.8 Å². The molecule has 2 nitrogen and oxygen atoms in total. The summed E-state index contributed by atoms with van der Waals surface area (Å²) in [6.45, 7) is 4.25. The predicted octanol–water partition coefficient (Wildman–Crippen LogP) is 3.71. The summed E-state index contributed by atoms with van der Waals surface area (Å²) in [5.41, 5.74) is 2.22. The lowest BCUT2D eigenvalue weighted by atomic mass is 10.1. The van der Waals surface area contributed by atoms with Crippen LogP contribution in [-0.2, 0) is 0 Å². The number of hydrogen-bond acceptors (Lipinski definition) is 3. The maximum absolute atomic E-state index is 9.77. The number of anilines is 1. The lowest BCUT2D eigenvalue weighted by Gasteiger charge is -2.27. The van der Waals surface area contributed by atoms with Crippen LogP contribution in [0.25, 0.3) is 0 Å². The van der Waals surface area contributed by atoms with Gasteiger partial charge in [0.2, 0.25) is 0 Å². The van der Waals surface area contributed by atoms with Crippen molar-refractivity contribution in [2.24, 2.45) is 0 Å². The van der Waals surface area contributed by atoms with Gasteiger partial charge in [-0.05, 0) is 49.5 Å². The van der Waals surface area contributed by atoms with Gasteiger partial charge in [-0.1, -0.05) is 19.1 Å². The first-order valence-electron chi connectivity index (χ1n) is 6.60. The SMILES string of the molecule is CC[C@@H](O)c1ccc(N(C)C(C)CCSC)cc1. The molecule has 1 N–H and O–H groups in total. The quantitative estimate of drug-likeness (QED) is 0.814. The molecule has 1 aromatic rings. The summed E-state index contributed by atoms with van der Waals surface area (Å²) in [5, 5.41) is 9.77. The fraction of sp³-hybridized carbons (Fsp3) is 0.600. The third kappa shape index (κ3) is 4.21. The first-order valence-corrected chi connectivity index (χ1v) is 7.99. The summed E-state index contributed by atoms with van der Waals surface area (Å²) in [4.78, 5) is 2.30. The van der Waals surface area contributed by atoms with Crippen molar-refractivity contribution in [3.05, 3.63) is 29.8 Å². The Labute approximate surface area is 115 Å². The summed E-state index contributed by atoms with van der Waals surface area (Å²) in [6.07, 6.45) is 3.77. The summed E-state index contributed by atoms with van der Waals surface area (Å²) < 4.78 is 0. The van der Waals surface area contributed by atoms with Crippen LogP contribution in [0.4, 0.5) is 5.69 Å². The van der Waals surface area contributed by atoms with Crippen LogP contribution in [0, 0.1) is 0 Å². The Balaban J connectivity index is 2.66. The average molecular weight is 267 g/mol. The second kappa shape index (κ2) is 7.70. The zero-order chi connectivity index (χ0) is 13.5. The number of aliphatic hydroxyl groups is 1. The van der Waals surface area contributed by atoms with Gasteiger partial charge in [0.15, 0.2) is 0 Å². The van der Waals surface area contributed by atoms with Crippen molar-refractivity contribution in [3.8, 4) is 0 Å². The van der Waals surface area contributed by atoms with Crippen molar-refractivity contribution in [3.63, 3.8) is 0 Å². The molecule has 0 fully saturated rings. The molecule has 0 radical (unpaired) electrons. The molecule has 1 rings (SSSR count). The molecule has 1 aromatic carbocycles. The molecule has 0 spiro atoms. The minimum Gasteiger partial charge on any atom is -0.388 e. The van der Waals surface area contributed by atoms with Crippen molar-refractivity contribution in [2.45, 2.75) is 38.8 Å². The van der Waals surface area contributed by atoms with Crippen LogP contribution in [0.2, 0.25) is 0 Å². The number of thioether (sulfide) groups is 1. The number of rotatable bonds is 7. The highest BCUT2D eigenvalue weighted by atomic mass is 32.2. The molecule has 0 aliphatic heterocycles. The summed E-state index contributed by atoms with van der Waals surface area (Å²) >= 11 is 1.89. The number of benzene rings is 1. The standard InChI is InChI=1S/C15H25NOS/c1-5-15(17)13-6-8-14(9-7-13)16(3)12(2)10-11-18-4/h6-9,12,15,17H,5,10-11H2,1-4H3/t12?,15-/m1/s1. The second-order valence-electron chi connectivity index (χ2n) is 4.76. The largest absolute Gasteiger partial charge is 0.388 e. The van der Waals surface area contributed by atoms with Gasteiger partial charge in [-0.25, -0.2) is 0 Å². The Morgan fingerprint density at radius 3 is 2.39 bits per heavy atom. The van der Waals surface area contributed by atoms with Crippen molar-refractivity contribution < 1.29 is 5.11 Å². The smallest absolute Gasteiger partial charge is 0.0787 e. The molecule has 0 amide bonds. The van der Waals surface area contributed by atoms with Crippen LogP contribution in [-0.4, -0.2) is 30.2 Å². The highest BCUT2D eigenvalue weighted by molar-refractivity contribution is 7.98. The fourth-order valence-corrected chi connectivity index (χ4v) is 2.48. The molecule has 0 heterocycles. The summed E-state index contributed by atoms with van der Waals surface area (Å²) in [7, 11) is 2.14. The van der Waals surface area contributed by atoms with E-state index in [1.165, 1.54) is 17.9 Å². The molecule has 0 aliphatic rings. The van der Waals surface area contributed by atoms with E-state index in [0.717, 1.165) is 12.0 Å². The molecule has 2 atom stereocenters. The predicted molar refractivity (Wildman–Crippen MR) is 82.6 cm³/mol. The first-order chi connectivity index (χ1) is 8.60. The minimum absolute atomic E-state index is 0.335. The third-order valence-corrected chi connectivity index (χ3v) is 4.12. The minimum atomic E-state index is -0.335. The molecule has 0 aromatic heterocycles. The second-order valence-corrected chi connectivity index (χ2v) is 5.74. The van der Waals surface area contributed by atoms with E-state index < -0.39 is 0 Å². The molecule has 1 unspecified atom stereocenters. The number of aliphatic hydroxyl groups excluding tert-OH is 1. The third-order valence-electron chi connectivity index (χ3n) is 3.47. The Hall–Kier alpha value is -0.670. The van der Waals surface area contributed by atoms with Crippen molar-refractivity contribution >= 4 is 17.4 Å². The van der Waals surface area contributed by atoms with E-state index in [1.807, 2.05) is 30.8 Å². The zero-order valence-corrected chi connectivity index (χ0v) is 12.7. The zero-order valence-electron chi connectivity index (χ0n) is 11.9. The van der Waals surface area contributed by atoms with Gasteiger partial charge in [0.25, 0.3) is 0 Å². The van der Waals surface area contributed by atoms with Gasteiger partial charge in [0.05, 0.1) is 6.10 Å². The van der Waals surface area contributed by atoms with Gasteiger partial charge >= 0.3 is 0 Å². The van der Waals surface area contributed by atoms with Gasteiger partial charge in [-0.3, -0.25) is 0 Å². The van der Waals surface area contributed by atoms with Crippen LogP contribution >= 0.6 is 11.8 Å². The van der Waals surface area contributed by atoms with Gasteiger partial charge in [0, 0.05) is 18.8 Å². The fourth-order valence-electron chi connectivity index (χ4n) is 1.90. The molecule has 0 aliphatic carbocycles. The summed E-state index contributed by atoms with van der Waals surface area (Å²) in [6, 6.07) is 8.80. The Morgan fingerprint density at radius 1 is 1.28 bits per heavy atom. The van der Waals surface area contributed by atoms with Gasteiger partial charge in [-0.15, -0.1) is 0 Å². The van der Waals surface area contributed by atoms with Crippen LogP contribution in [0.5, 0.6) is 0 Å². The molecular weight excluding hydrogens is 242 g/mol. The van der Waals surface area contributed by atoms with Crippen LogP contribution in [0.15, 0.2) is 24.3 Å². The van der Waals surface area contributed by atoms with E-state index in [9.17, 15) is 5.11 Å². The Morgan fingerprint density at radius 2 is 1.89 bits per heavy atom. The maximum Gasteiger partial charge on any atom is 0.0787 e. The van der Waals surface area contributed by atoms with E-state index in [2.05, 4.69) is 37.3 Å². The Bertz CT molecular complexity index is 339. The molecule has 0 bridgehead atoms. The number of nitrogens with zero attached hydrogens (tertiary/aromatic N) is 1. The normalized spacial score (nSPS) is 14.3. The van der Waals surface area contributed by atoms with Crippen molar-refractivity contribution in [2.75, 3.05) is 24.0 Å². The van der Waals surface area contributed by atoms with Crippen LogP contribution in [0.3, 0.4) is 0 Å². The first kappa shape index (κ1) is 15.4. The maximum atomic E-state index is 9.77. The molecular formula is C15H25NOS.